The van der Waals surface area contributed by atoms with Crippen LogP contribution >= 0.6 is 22.6 Å². The number of carbonyl (C=O) groups excluding carboxylic acids is 3. The minimum Gasteiger partial charge on any atom is -0.326 e. The summed E-state index contributed by atoms with van der Waals surface area (Å²) in [6, 6.07) is 14.6. The molecule has 0 aromatic heterocycles. The third-order valence-electron chi connectivity index (χ3n) is 3.70. The number of nitrogens with zero attached hydrogens (tertiary/aromatic N) is 1. The van der Waals surface area contributed by atoms with Gasteiger partial charge >= 0.3 is 11.8 Å². The molecule has 0 saturated heterocycles. The summed E-state index contributed by atoms with van der Waals surface area (Å²) in [4.78, 5) is 35.8. The number of amides is 3. The van der Waals surface area contributed by atoms with Gasteiger partial charge in [0, 0.05) is 20.7 Å². The predicted octanol–water partition coefficient (Wildman–Crippen LogP) is 3.31. The van der Waals surface area contributed by atoms with Crippen molar-refractivity contribution in [3.8, 4) is 0 Å². The van der Waals surface area contributed by atoms with E-state index >= 15 is 0 Å². The number of nitrogens with one attached hydrogen (secondary N) is 3. The minimum atomic E-state index is -0.906. The highest BCUT2D eigenvalue weighted by molar-refractivity contribution is 14.1. The lowest BCUT2D eigenvalue weighted by Gasteiger charge is -2.07. The van der Waals surface area contributed by atoms with E-state index in [4.69, 9.17) is 0 Å². The summed E-state index contributed by atoms with van der Waals surface area (Å²) in [5.41, 5.74) is 4.87. The molecule has 0 spiro atoms. The van der Waals surface area contributed by atoms with Crippen LogP contribution in [0.1, 0.15) is 25.8 Å². The van der Waals surface area contributed by atoms with Gasteiger partial charge in [-0.05, 0) is 71.8 Å². The van der Waals surface area contributed by atoms with E-state index in [0.717, 1.165) is 15.6 Å². The lowest BCUT2D eigenvalue weighted by Crippen LogP contribution is -2.33. The summed E-state index contributed by atoms with van der Waals surface area (Å²) in [5, 5.41) is 9.05. The van der Waals surface area contributed by atoms with Crippen LogP contribution in [0.3, 0.4) is 0 Å². The molecule has 0 bridgehead atoms. The van der Waals surface area contributed by atoms with Crippen LogP contribution in [0, 0.1) is 3.57 Å². The SMILES string of the molecule is CCc1ccc(NC(=O)C(=O)NN=C(C)CC(=O)Nc2cccc(I)c2)cc1. The molecule has 3 N–H and O–H groups in total. The standard InChI is InChI=1S/C20H21IN4O3/c1-3-14-7-9-16(10-8-14)23-19(27)20(28)25-24-13(2)11-18(26)22-17-6-4-5-15(21)12-17/h4-10,12H,3,11H2,1-2H3,(H,22,26)(H,23,27)(H,25,28). The number of hydrogen-bond acceptors (Lipinski definition) is 4. The number of aryl methyl sites for hydroxylation is 1. The molecule has 2 aromatic rings. The van der Waals surface area contributed by atoms with E-state index in [-0.39, 0.29) is 12.3 Å². The second-order valence-electron chi connectivity index (χ2n) is 6.03. The maximum atomic E-state index is 12.0. The second kappa shape index (κ2) is 10.5. The van der Waals surface area contributed by atoms with Gasteiger partial charge in [-0.25, -0.2) is 5.43 Å². The molecule has 146 valence electrons. The molecule has 0 atom stereocenters. The molecule has 0 radical (unpaired) electrons. The average Bonchev–Trinajstić information content (AvgIpc) is 2.66. The predicted molar refractivity (Wildman–Crippen MR) is 118 cm³/mol. The molecule has 7 nitrogen and oxygen atoms in total. The van der Waals surface area contributed by atoms with Crippen LogP contribution in [0.2, 0.25) is 0 Å². The Bertz CT molecular complexity index is 895. The summed E-state index contributed by atoms with van der Waals surface area (Å²) in [7, 11) is 0. The fourth-order valence-corrected chi connectivity index (χ4v) is 2.80. The summed E-state index contributed by atoms with van der Waals surface area (Å²) < 4.78 is 1.00. The zero-order valence-electron chi connectivity index (χ0n) is 15.6. The number of benzene rings is 2. The van der Waals surface area contributed by atoms with Crippen molar-refractivity contribution >= 4 is 57.4 Å². The Morgan fingerprint density at radius 2 is 1.68 bits per heavy atom. The van der Waals surface area contributed by atoms with Gasteiger partial charge in [-0.2, -0.15) is 5.10 Å². The van der Waals surface area contributed by atoms with Crippen molar-refractivity contribution in [1.29, 1.82) is 0 Å². The van der Waals surface area contributed by atoms with Gasteiger partial charge in [0.05, 0.1) is 6.42 Å². The van der Waals surface area contributed by atoms with Gasteiger partial charge < -0.3 is 10.6 Å². The van der Waals surface area contributed by atoms with Crippen molar-refractivity contribution in [3.05, 3.63) is 57.7 Å². The van der Waals surface area contributed by atoms with Gasteiger partial charge in [0.25, 0.3) is 0 Å². The Balaban J connectivity index is 1.82. The van der Waals surface area contributed by atoms with E-state index in [9.17, 15) is 14.4 Å². The van der Waals surface area contributed by atoms with Crippen molar-refractivity contribution in [2.45, 2.75) is 26.7 Å². The number of hydrazone groups is 1. The quantitative estimate of drug-likeness (QED) is 0.250. The van der Waals surface area contributed by atoms with Crippen LogP contribution in [0.4, 0.5) is 11.4 Å². The molecule has 3 amide bonds. The number of hydrogen-bond donors (Lipinski definition) is 3. The van der Waals surface area contributed by atoms with Gasteiger partial charge in [-0.3, -0.25) is 14.4 Å². The third kappa shape index (κ3) is 7.10. The summed E-state index contributed by atoms with van der Waals surface area (Å²) in [5.74, 6) is -2.00. The highest BCUT2D eigenvalue weighted by Gasteiger charge is 2.13. The number of carbonyl (C=O) groups is 3. The molecule has 8 heteroatoms. The van der Waals surface area contributed by atoms with Crippen LogP contribution in [0.15, 0.2) is 53.6 Å². The molecule has 0 aliphatic rings. The number of rotatable bonds is 6. The van der Waals surface area contributed by atoms with E-state index in [1.165, 1.54) is 0 Å². The summed E-state index contributed by atoms with van der Waals surface area (Å²) in [6.07, 6.45) is 0.881. The van der Waals surface area contributed by atoms with E-state index < -0.39 is 11.8 Å². The largest absolute Gasteiger partial charge is 0.329 e. The molecular formula is C20H21IN4O3. The van der Waals surface area contributed by atoms with Crippen LogP contribution < -0.4 is 16.1 Å². The topological polar surface area (TPSA) is 99.7 Å². The van der Waals surface area contributed by atoms with Gasteiger partial charge in [-0.1, -0.05) is 25.1 Å². The maximum absolute atomic E-state index is 12.0. The normalized spacial score (nSPS) is 10.9. The van der Waals surface area contributed by atoms with Crippen molar-refractivity contribution in [2.75, 3.05) is 10.6 Å². The van der Waals surface area contributed by atoms with Crippen LogP contribution in [0.5, 0.6) is 0 Å². The zero-order chi connectivity index (χ0) is 20.5. The first-order valence-electron chi connectivity index (χ1n) is 8.66. The molecule has 0 saturated carbocycles. The van der Waals surface area contributed by atoms with Gasteiger partial charge in [0.1, 0.15) is 0 Å². The average molecular weight is 492 g/mol. The van der Waals surface area contributed by atoms with E-state index in [1.54, 1.807) is 25.1 Å². The van der Waals surface area contributed by atoms with Crippen molar-refractivity contribution in [2.24, 2.45) is 5.10 Å². The van der Waals surface area contributed by atoms with E-state index in [2.05, 4.69) is 43.8 Å². The van der Waals surface area contributed by atoms with E-state index in [0.29, 0.717) is 17.1 Å². The van der Waals surface area contributed by atoms with Gasteiger partial charge in [0.2, 0.25) is 5.91 Å². The summed E-state index contributed by atoms with van der Waals surface area (Å²) >= 11 is 2.16. The number of halogens is 1. The molecule has 2 aromatic carbocycles. The second-order valence-corrected chi connectivity index (χ2v) is 7.27. The minimum absolute atomic E-state index is 0.00808. The van der Waals surface area contributed by atoms with Gasteiger partial charge in [0.15, 0.2) is 0 Å². The zero-order valence-corrected chi connectivity index (χ0v) is 17.7. The Morgan fingerprint density at radius 3 is 2.32 bits per heavy atom. The molecule has 0 aliphatic carbocycles. The Hall–Kier alpha value is -2.75. The first-order chi connectivity index (χ1) is 13.4. The summed E-state index contributed by atoms with van der Waals surface area (Å²) in [6.45, 7) is 3.62. The molecule has 0 aliphatic heterocycles. The first kappa shape index (κ1) is 21.5. The first-order valence-corrected chi connectivity index (χ1v) is 9.74. The molecule has 0 unspecified atom stereocenters. The lowest BCUT2D eigenvalue weighted by molar-refractivity contribution is -0.136. The molecule has 2 rings (SSSR count). The van der Waals surface area contributed by atoms with Crippen molar-refractivity contribution in [1.82, 2.24) is 5.43 Å². The van der Waals surface area contributed by atoms with Crippen LogP contribution in [-0.4, -0.2) is 23.4 Å². The monoisotopic (exact) mass is 492 g/mol. The molecule has 0 fully saturated rings. The smallest absolute Gasteiger partial charge is 0.326 e. The Kier molecular flexibility index (Phi) is 8.12. The number of anilines is 2. The highest BCUT2D eigenvalue weighted by atomic mass is 127. The van der Waals surface area contributed by atoms with Crippen molar-refractivity contribution < 1.29 is 14.4 Å². The van der Waals surface area contributed by atoms with Crippen LogP contribution in [0.25, 0.3) is 0 Å². The van der Waals surface area contributed by atoms with E-state index in [1.807, 2.05) is 37.3 Å². The molecule has 0 heterocycles. The maximum Gasteiger partial charge on any atom is 0.329 e. The highest BCUT2D eigenvalue weighted by Crippen LogP contribution is 2.12. The molecular weight excluding hydrogens is 471 g/mol. The Morgan fingerprint density at radius 1 is 0.964 bits per heavy atom. The Labute approximate surface area is 177 Å². The van der Waals surface area contributed by atoms with Gasteiger partial charge in [-0.15, -0.1) is 0 Å². The fourth-order valence-electron chi connectivity index (χ4n) is 2.25. The van der Waals surface area contributed by atoms with Crippen molar-refractivity contribution in [3.63, 3.8) is 0 Å². The lowest BCUT2D eigenvalue weighted by atomic mass is 10.1. The van der Waals surface area contributed by atoms with Crippen LogP contribution in [-0.2, 0) is 20.8 Å². The fraction of sp³-hybridized carbons (Fsp3) is 0.200. The molecule has 28 heavy (non-hydrogen) atoms. The third-order valence-corrected chi connectivity index (χ3v) is 4.37.